The Morgan fingerprint density at radius 1 is 1.29 bits per heavy atom. The van der Waals surface area contributed by atoms with Crippen molar-refractivity contribution in [3.8, 4) is 11.3 Å². The molecule has 1 saturated heterocycles. The van der Waals surface area contributed by atoms with Crippen molar-refractivity contribution < 1.29 is 9.18 Å². The molecule has 0 unspecified atom stereocenters. The molecule has 126 valence electrons. The van der Waals surface area contributed by atoms with E-state index in [1.807, 2.05) is 49.4 Å². The molecule has 0 aliphatic carbocycles. The van der Waals surface area contributed by atoms with Crippen LogP contribution in [0, 0.1) is 0 Å². The fourth-order valence-corrected chi connectivity index (χ4v) is 3.04. The van der Waals surface area contributed by atoms with Gasteiger partial charge in [0, 0.05) is 24.2 Å². The van der Waals surface area contributed by atoms with E-state index in [-0.39, 0.29) is 18.4 Å². The normalized spacial score (nSPS) is 20.0. The largest absolute Gasteiger partial charge is 0.338 e. The number of aromatic nitrogens is 1. The maximum absolute atomic E-state index is 13.3. The highest BCUT2D eigenvalue weighted by Crippen LogP contribution is 2.24. The van der Waals surface area contributed by atoms with Crippen molar-refractivity contribution in [3.63, 3.8) is 0 Å². The zero-order chi connectivity index (χ0) is 17.1. The third-order valence-corrected chi connectivity index (χ3v) is 4.66. The van der Waals surface area contributed by atoms with Crippen LogP contribution in [0.25, 0.3) is 11.3 Å². The van der Waals surface area contributed by atoms with Crippen LogP contribution in [0.4, 0.5) is 4.39 Å². The summed E-state index contributed by atoms with van der Waals surface area (Å²) in [6.07, 6.45) is 1.24. The van der Waals surface area contributed by atoms with E-state index in [4.69, 9.17) is 5.73 Å². The molecular weight excluding hydrogens is 305 g/mol. The minimum Gasteiger partial charge on any atom is -0.338 e. The van der Waals surface area contributed by atoms with Crippen molar-refractivity contribution in [1.82, 2.24) is 9.88 Å². The van der Waals surface area contributed by atoms with Crippen LogP contribution in [0.5, 0.6) is 0 Å². The van der Waals surface area contributed by atoms with Gasteiger partial charge in [0.15, 0.2) is 0 Å². The number of nitrogens with two attached hydrogens (primary N) is 1. The van der Waals surface area contributed by atoms with Gasteiger partial charge in [0.05, 0.1) is 18.3 Å². The van der Waals surface area contributed by atoms with E-state index in [0.29, 0.717) is 13.0 Å². The molecule has 0 saturated carbocycles. The molecule has 1 aromatic heterocycles. The number of rotatable bonds is 4. The van der Waals surface area contributed by atoms with Crippen LogP contribution in [0.1, 0.15) is 24.8 Å². The van der Waals surface area contributed by atoms with Crippen molar-refractivity contribution >= 4 is 5.91 Å². The maximum atomic E-state index is 13.3. The molecule has 5 heteroatoms. The Labute approximate surface area is 141 Å². The van der Waals surface area contributed by atoms with Gasteiger partial charge >= 0.3 is 0 Å². The second-order valence-corrected chi connectivity index (χ2v) is 6.32. The lowest BCUT2D eigenvalue weighted by Gasteiger charge is -2.25. The summed E-state index contributed by atoms with van der Waals surface area (Å²) in [4.78, 5) is 18.3. The number of halogens is 1. The van der Waals surface area contributed by atoms with E-state index in [9.17, 15) is 9.18 Å². The maximum Gasteiger partial charge on any atom is 0.240 e. The van der Waals surface area contributed by atoms with Crippen LogP contribution in [0.3, 0.4) is 0 Å². The number of hydrogen-bond donors (Lipinski definition) is 1. The first-order chi connectivity index (χ1) is 11.6. The summed E-state index contributed by atoms with van der Waals surface area (Å²) in [5.74, 6) is -0.301. The molecule has 1 fully saturated rings. The topological polar surface area (TPSA) is 59.2 Å². The molecule has 3 atom stereocenters. The highest BCUT2D eigenvalue weighted by atomic mass is 19.1. The lowest BCUT2D eigenvalue weighted by atomic mass is 9.92. The van der Waals surface area contributed by atoms with E-state index >= 15 is 0 Å². The van der Waals surface area contributed by atoms with Gasteiger partial charge in [0.25, 0.3) is 0 Å². The number of pyridine rings is 1. The molecule has 2 N–H and O–H groups in total. The Hall–Kier alpha value is -2.27. The van der Waals surface area contributed by atoms with Gasteiger partial charge in [-0.15, -0.1) is 0 Å². The molecule has 2 heterocycles. The molecule has 1 aromatic carbocycles. The Morgan fingerprint density at radius 2 is 2.04 bits per heavy atom. The van der Waals surface area contributed by atoms with E-state index in [1.165, 1.54) is 4.90 Å². The fraction of sp³-hybridized carbons (Fsp3) is 0.368. The predicted molar refractivity (Wildman–Crippen MR) is 92.2 cm³/mol. The number of alkyl halides is 1. The number of likely N-dealkylation sites (tertiary alicyclic amines) is 1. The summed E-state index contributed by atoms with van der Waals surface area (Å²) in [7, 11) is 0. The van der Waals surface area contributed by atoms with Crippen LogP contribution in [0.15, 0.2) is 48.7 Å². The molecule has 1 amide bonds. The van der Waals surface area contributed by atoms with E-state index in [0.717, 1.165) is 16.8 Å². The Morgan fingerprint density at radius 3 is 2.62 bits per heavy atom. The van der Waals surface area contributed by atoms with Gasteiger partial charge < -0.3 is 10.6 Å². The van der Waals surface area contributed by atoms with Crippen molar-refractivity contribution in [1.29, 1.82) is 0 Å². The summed E-state index contributed by atoms with van der Waals surface area (Å²) in [6, 6.07) is 13.0. The number of hydrogen-bond acceptors (Lipinski definition) is 3. The first-order valence-electron chi connectivity index (χ1n) is 8.26. The molecule has 1 aliphatic heterocycles. The summed E-state index contributed by atoms with van der Waals surface area (Å²) >= 11 is 0. The zero-order valence-electron chi connectivity index (χ0n) is 13.7. The number of amides is 1. The van der Waals surface area contributed by atoms with Gasteiger partial charge in [-0.05, 0) is 24.1 Å². The molecule has 0 radical (unpaired) electrons. The van der Waals surface area contributed by atoms with E-state index in [1.54, 1.807) is 6.20 Å². The van der Waals surface area contributed by atoms with E-state index < -0.39 is 12.2 Å². The monoisotopic (exact) mass is 327 g/mol. The summed E-state index contributed by atoms with van der Waals surface area (Å²) in [6.45, 7) is 2.55. The third kappa shape index (κ3) is 3.46. The second-order valence-electron chi connectivity index (χ2n) is 6.32. The second kappa shape index (κ2) is 7.09. The van der Waals surface area contributed by atoms with Crippen LogP contribution in [0.2, 0.25) is 0 Å². The van der Waals surface area contributed by atoms with Crippen LogP contribution < -0.4 is 5.73 Å². The molecule has 24 heavy (non-hydrogen) atoms. The Balaban J connectivity index is 1.70. The minimum absolute atomic E-state index is 0.131. The van der Waals surface area contributed by atoms with Gasteiger partial charge in [-0.1, -0.05) is 37.3 Å². The van der Waals surface area contributed by atoms with E-state index in [2.05, 4.69) is 4.98 Å². The van der Waals surface area contributed by atoms with Gasteiger partial charge in [-0.2, -0.15) is 0 Å². The van der Waals surface area contributed by atoms with Crippen LogP contribution in [-0.2, 0) is 4.79 Å². The van der Waals surface area contributed by atoms with Gasteiger partial charge in [0.1, 0.15) is 6.17 Å². The Bertz CT molecular complexity index is 690. The lowest BCUT2D eigenvalue weighted by Crippen LogP contribution is -2.45. The standard InChI is InChI=1S/C19H22FN3O/c1-13(18(21)19(24)23-11-9-16(20)12-23)14-5-7-15(8-6-14)17-4-2-3-10-22-17/h2-8,10,13,16,18H,9,11-12,21H2,1H3/t13-,16-,18-/m0/s1. The fourth-order valence-electron chi connectivity index (χ4n) is 3.04. The molecule has 2 aromatic rings. The summed E-state index contributed by atoms with van der Waals surface area (Å²) < 4.78 is 13.3. The zero-order valence-corrected chi connectivity index (χ0v) is 13.7. The van der Waals surface area contributed by atoms with Crippen LogP contribution in [-0.4, -0.2) is 41.1 Å². The van der Waals surface area contributed by atoms with Crippen molar-refractivity contribution in [2.75, 3.05) is 13.1 Å². The third-order valence-electron chi connectivity index (χ3n) is 4.66. The van der Waals surface area contributed by atoms with Crippen molar-refractivity contribution in [2.24, 2.45) is 5.73 Å². The lowest BCUT2D eigenvalue weighted by molar-refractivity contribution is -0.132. The number of carbonyl (C=O) groups excluding carboxylic acids is 1. The van der Waals surface area contributed by atoms with Gasteiger partial charge in [-0.25, -0.2) is 4.39 Å². The van der Waals surface area contributed by atoms with Crippen molar-refractivity contribution in [3.05, 3.63) is 54.2 Å². The average Bonchev–Trinajstić information content (AvgIpc) is 3.07. The quantitative estimate of drug-likeness (QED) is 0.939. The highest BCUT2D eigenvalue weighted by Gasteiger charge is 2.31. The highest BCUT2D eigenvalue weighted by molar-refractivity contribution is 5.83. The number of carbonyl (C=O) groups is 1. The Kier molecular flexibility index (Phi) is 4.90. The molecule has 0 bridgehead atoms. The molecule has 1 aliphatic rings. The minimum atomic E-state index is -0.922. The number of benzene rings is 1. The number of nitrogens with zero attached hydrogens (tertiary/aromatic N) is 2. The predicted octanol–water partition coefficient (Wildman–Crippen LogP) is 2.75. The van der Waals surface area contributed by atoms with Crippen molar-refractivity contribution in [2.45, 2.75) is 31.5 Å². The van der Waals surface area contributed by atoms with Gasteiger partial charge in [0.2, 0.25) is 5.91 Å². The first kappa shape index (κ1) is 16.6. The smallest absolute Gasteiger partial charge is 0.240 e. The molecular formula is C19H22FN3O. The SMILES string of the molecule is C[C@@H](c1ccc(-c2ccccn2)cc1)[C@H](N)C(=O)N1CC[C@H](F)C1. The molecule has 3 rings (SSSR count). The molecule has 4 nitrogen and oxygen atoms in total. The van der Waals surface area contributed by atoms with Gasteiger partial charge in [-0.3, -0.25) is 9.78 Å². The van der Waals surface area contributed by atoms with Crippen LogP contribution >= 0.6 is 0 Å². The summed E-state index contributed by atoms with van der Waals surface area (Å²) in [5, 5.41) is 0. The first-order valence-corrected chi connectivity index (χ1v) is 8.26. The molecule has 0 spiro atoms. The average molecular weight is 327 g/mol. The summed E-state index contributed by atoms with van der Waals surface area (Å²) in [5.41, 5.74) is 9.06.